The summed E-state index contributed by atoms with van der Waals surface area (Å²) >= 11 is 0. The fourth-order valence-electron chi connectivity index (χ4n) is 4.32. The number of rotatable bonds is 6. The smallest absolute Gasteiger partial charge is 0.246 e. The maximum Gasteiger partial charge on any atom is 0.246 e. The van der Waals surface area contributed by atoms with E-state index in [9.17, 15) is 4.79 Å². The highest BCUT2D eigenvalue weighted by Crippen LogP contribution is 2.34. The normalized spacial score (nSPS) is 15.4. The molecule has 1 saturated heterocycles. The second-order valence-corrected chi connectivity index (χ2v) is 8.56. The van der Waals surface area contributed by atoms with Crippen LogP contribution in [0.15, 0.2) is 53.0 Å². The third-order valence-corrected chi connectivity index (χ3v) is 6.51. The van der Waals surface area contributed by atoms with E-state index in [4.69, 9.17) is 9.15 Å². The number of ether oxygens (including phenoxy) is 1. The number of piperazine rings is 1. The first-order valence-corrected chi connectivity index (χ1v) is 11.3. The highest BCUT2D eigenvalue weighted by atomic mass is 16.5. The molecule has 1 aromatic heterocycles. The molecule has 2 aromatic carbocycles. The molecule has 0 atom stereocenters. The molecule has 1 fully saturated rings. The molecule has 1 amide bonds. The van der Waals surface area contributed by atoms with Crippen molar-refractivity contribution in [1.82, 2.24) is 9.80 Å². The van der Waals surface area contributed by atoms with Crippen LogP contribution < -0.4 is 4.74 Å². The van der Waals surface area contributed by atoms with Gasteiger partial charge in [0.1, 0.15) is 17.1 Å². The molecule has 4 rings (SSSR count). The van der Waals surface area contributed by atoms with Crippen molar-refractivity contribution in [2.45, 2.75) is 27.2 Å². The molecule has 0 unspecified atom stereocenters. The summed E-state index contributed by atoms with van der Waals surface area (Å²) < 4.78 is 11.4. The number of aryl methyl sites for hydroxylation is 2. The number of allylic oxidation sites excluding steroid dienone is 1. The number of nitrogens with zero attached hydrogens (tertiary/aromatic N) is 2. The number of hydrogen-bond donors (Lipinski definition) is 0. The number of amides is 1. The number of furan rings is 1. The van der Waals surface area contributed by atoms with Gasteiger partial charge < -0.3 is 14.1 Å². The molecule has 2 heterocycles. The van der Waals surface area contributed by atoms with Gasteiger partial charge in [0.05, 0.1) is 7.11 Å². The number of benzene rings is 2. The monoisotopic (exact) mass is 432 g/mol. The zero-order chi connectivity index (χ0) is 22.7. The van der Waals surface area contributed by atoms with Crippen molar-refractivity contribution in [3.63, 3.8) is 0 Å². The Labute approximate surface area is 190 Å². The molecule has 3 aromatic rings. The van der Waals surface area contributed by atoms with Crippen molar-refractivity contribution in [2.75, 3.05) is 39.8 Å². The number of hydrogen-bond acceptors (Lipinski definition) is 4. The first-order chi connectivity index (χ1) is 15.5. The van der Waals surface area contributed by atoms with E-state index in [1.807, 2.05) is 24.8 Å². The summed E-state index contributed by atoms with van der Waals surface area (Å²) in [4.78, 5) is 17.4. The van der Waals surface area contributed by atoms with E-state index in [2.05, 4.69) is 48.2 Å². The van der Waals surface area contributed by atoms with E-state index in [1.54, 1.807) is 13.2 Å². The Bertz CT molecular complexity index is 1120. The molecule has 5 nitrogen and oxygen atoms in total. The van der Waals surface area contributed by atoms with Gasteiger partial charge in [-0.25, -0.2) is 0 Å². The predicted molar refractivity (Wildman–Crippen MR) is 129 cm³/mol. The van der Waals surface area contributed by atoms with Crippen LogP contribution in [-0.2, 0) is 11.2 Å². The number of carbonyl (C=O) groups excluding carboxylic acids is 1. The van der Waals surface area contributed by atoms with Crippen LogP contribution in [0.4, 0.5) is 0 Å². The minimum Gasteiger partial charge on any atom is -0.496 e. The van der Waals surface area contributed by atoms with Gasteiger partial charge in [-0.1, -0.05) is 30.3 Å². The van der Waals surface area contributed by atoms with E-state index in [0.29, 0.717) is 0 Å². The Morgan fingerprint density at radius 1 is 1.09 bits per heavy atom. The molecular formula is C27H32N2O3. The van der Waals surface area contributed by atoms with Crippen LogP contribution in [0.1, 0.15) is 29.4 Å². The topological polar surface area (TPSA) is 45.9 Å². The third kappa shape index (κ3) is 4.73. The van der Waals surface area contributed by atoms with Crippen molar-refractivity contribution in [1.29, 1.82) is 0 Å². The van der Waals surface area contributed by atoms with E-state index in [0.717, 1.165) is 78.3 Å². The largest absolute Gasteiger partial charge is 0.496 e. The van der Waals surface area contributed by atoms with Gasteiger partial charge in [-0.05, 0) is 50.0 Å². The summed E-state index contributed by atoms with van der Waals surface area (Å²) in [7, 11) is 1.65. The quantitative estimate of drug-likeness (QED) is 0.523. The summed E-state index contributed by atoms with van der Waals surface area (Å²) in [5.74, 6) is 1.69. The predicted octanol–water partition coefficient (Wildman–Crippen LogP) is 4.85. The average Bonchev–Trinajstić information content (AvgIpc) is 3.10. The van der Waals surface area contributed by atoms with Gasteiger partial charge in [0, 0.05) is 55.8 Å². The molecule has 0 radical (unpaired) electrons. The molecule has 1 aliphatic heterocycles. The Morgan fingerprint density at radius 2 is 1.81 bits per heavy atom. The maximum atomic E-state index is 13.0. The summed E-state index contributed by atoms with van der Waals surface area (Å²) in [5, 5.41) is 1.06. The lowest BCUT2D eigenvalue weighted by Gasteiger charge is -2.34. The van der Waals surface area contributed by atoms with Gasteiger partial charge in [-0.2, -0.15) is 0 Å². The number of fused-ring (bicyclic) bond motifs is 1. The van der Waals surface area contributed by atoms with Crippen LogP contribution >= 0.6 is 0 Å². The fraction of sp³-hybridized carbons (Fsp3) is 0.370. The Hall–Kier alpha value is -3.05. The molecule has 32 heavy (non-hydrogen) atoms. The van der Waals surface area contributed by atoms with Gasteiger partial charge in [0.15, 0.2) is 0 Å². The Kier molecular flexibility index (Phi) is 6.66. The zero-order valence-corrected chi connectivity index (χ0v) is 19.5. The lowest BCUT2D eigenvalue weighted by molar-refractivity contribution is -0.127. The first-order valence-electron chi connectivity index (χ1n) is 11.3. The molecule has 168 valence electrons. The molecule has 0 saturated carbocycles. The van der Waals surface area contributed by atoms with Crippen molar-refractivity contribution < 1.29 is 13.9 Å². The first kappa shape index (κ1) is 22.2. The second-order valence-electron chi connectivity index (χ2n) is 8.56. The molecule has 1 aliphatic rings. The maximum absolute atomic E-state index is 13.0. The minimum absolute atomic E-state index is 0.0625. The fourth-order valence-corrected chi connectivity index (χ4v) is 4.32. The van der Waals surface area contributed by atoms with Crippen LogP contribution in [-0.4, -0.2) is 55.5 Å². The van der Waals surface area contributed by atoms with Crippen molar-refractivity contribution >= 4 is 22.4 Å². The molecule has 0 N–H and O–H groups in total. The van der Waals surface area contributed by atoms with Gasteiger partial charge in [-0.3, -0.25) is 9.69 Å². The van der Waals surface area contributed by atoms with Crippen LogP contribution in [0.3, 0.4) is 0 Å². The Morgan fingerprint density at radius 3 is 2.50 bits per heavy atom. The van der Waals surface area contributed by atoms with Crippen LogP contribution in [0.5, 0.6) is 5.75 Å². The lowest BCUT2D eigenvalue weighted by atomic mass is 10.0. The second kappa shape index (κ2) is 9.61. The molecule has 5 heteroatoms. The summed E-state index contributed by atoms with van der Waals surface area (Å²) in [6, 6.07) is 14.6. The van der Waals surface area contributed by atoms with Crippen molar-refractivity contribution in [3.05, 3.63) is 71.0 Å². The standard InChI is InChI=1S/C27H32N2O3/c1-19(23-17-24-20(2)21(3)32-26(24)18-25(23)31-4)16-27(30)29-14-12-28(13-15-29)11-10-22-8-6-5-7-9-22/h5-9,16-18H,10-15H2,1-4H3/b19-16+. The lowest BCUT2D eigenvalue weighted by Crippen LogP contribution is -2.48. The number of methoxy groups -OCH3 is 1. The SMILES string of the molecule is COc1cc2oc(C)c(C)c2cc1/C(C)=C/C(=O)N1CCN(CCc2ccccc2)CC1. The molecule has 0 aliphatic carbocycles. The van der Waals surface area contributed by atoms with E-state index < -0.39 is 0 Å². The highest BCUT2D eigenvalue weighted by Gasteiger charge is 2.21. The van der Waals surface area contributed by atoms with Gasteiger partial charge in [0.2, 0.25) is 5.91 Å². The van der Waals surface area contributed by atoms with Crippen LogP contribution in [0.25, 0.3) is 16.5 Å². The average molecular weight is 433 g/mol. The van der Waals surface area contributed by atoms with Crippen molar-refractivity contribution in [2.24, 2.45) is 0 Å². The van der Waals surface area contributed by atoms with Crippen molar-refractivity contribution in [3.8, 4) is 5.75 Å². The highest BCUT2D eigenvalue weighted by molar-refractivity contribution is 5.97. The van der Waals surface area contributed by atoms with E-state index in [1.165, 1.54) is 5.56 Å². The van der Waals surface area contributed by atoms with Gasteiger partial charge in [0.25, 0.3) is 0 Å². The summed E-state index contributed by atoms with van der Waals surface area (Å²) in [6.07, 6.45) is 2.79. The van der Waals surface area contributed by atoms with Gasteiger partial charge in [-0.15, -0.1) is 0 Å². The zero-order valence-electron chi connectivity index (χ0n) is 19.5. The van der Waals surface area contributed by atoms with E-state index in [-0.39, 0.29) is 5.91 Å². The number of carbonyl (C=O) groups is 1. The van der Waals surface area contributed by atoms with Crippen LogP contribution in [0.2, 0.25) is 0 Å². The third-order valence-electron chi connectivity index (χ3n) is 6.51. The summed E-state index contributed by atoms with van der Waals surface area (Å²) in [5.41, 5.74) is 5.12. The van der Waals surface area contributed by atoms with Crippen LogP contribution in [0, 0.1) is 13.8 Å². The molecule has 0 spiro atoms. The minimum atomic E-state index is 0.0625. The molecule has 0 bridgehead atoms. The van der Waals surface area contributed by atoms with E-state index >= 15 is 0 Å². The Balaban J connectivity index is 1.41. The summed E-state index contributed by atoms with van der Waals surface area (Å²) in [6.45, 7) is 10.4. The van der Waals surface area contributed by atoms with Gasteiger partial charge >= 0.3 is 0 Å². The molecular weight excluding hydrogens is 400 g/mol.